The summed E-state index contributed by atoms with van der Waals surface area (Å²) in [6.45, 7) is 8.71. The minimum atomic E-state index is 0.0611. The molecule has 3 rings (SSSR count). The van der Waals surface area contributed by atoms with Crippen molar-refractivity contribution in [3.8, 4) is 0 Å². The van der Waals surface area contributed by atoms with Crippen LogP contribution in [-0.2, 0) is 9.53 Å². The lowest BCUT2D eigenvalue weighted by Crippen LogP contribution is -2.43. The van der Waals surface area contributed by atoms with Crippen molar-refractivity contribution in [1.29, 1.82) is 0 Å². The fourth-order valence-electron chi connectivity index (χ4n) is 3.47. The van der Waals surface area contributed by atoms with E-state index in [1.165, 1.54) is 4.88 Å². The molecule has 1 aromatic rings. The molecule has 126 valence electrons. The Morgan fingerprint density at radius 3 is 2.78 bits per heavy atom. The van der Waals surface area contributed by atoms with E-state index in [4.69, 9.17) is 4.74 Å². The van der Waals surface area contributed by atoms with E-state index in [0.29, 0.717) is 12.5 Å². The summed E-state index contributed by atoms with van der Waals surface area (Å²) in [7, 11) is 0. The van der Waals surface area contributed by atoms with Gasteiger partial charge in [-0.15, -0.1) is 11.3 Å². The van der Waals surface area contributed by atoms with Crippen molar-refractivity contribution < 1.29 is 9.53 Å². The fraction of sp³-hybridized carbons (Fsp3) is 0.611. The average molecular weight is 334 g/mol. The second-order valence-corrected chi connectivity index (χ2v) is 8.19. The van der Waals surface area contributed by atoms with Gasteiger partial charge in [-0.25, -0.2) is 0 Å². The standard InChI is InChI=1S/C18H26N2O2S/c1-18(2)11-14(10-15(21)12-18)19-13-16(17-4-3-9-23-17)20-5-7-22-8-6-20/h3-4,9-10,16,19H,5-8,11-13H2,1-2H3/t16-/m1/s1. The summed E-state index contributed by atoms with van der Waals surface area (Å²) >= 11 is 1.80. The molecule has 0 radical (unpaired) electrons. The zero-order valence-corrected chi connectivity index (χ0v) is 14.8. The highest BCUT2D eigenvalue weighted by Gasteiger charge is 2.29. The topological polar surface area (TPSA) is 41.6 Å². The molecule has 4 nitrogen and oxygen atoms in total. The number of ketones is 1. The van der Waals surface area contributed by atoms with Gasteiger partial charge in [-0.1, -0.05) is 19.9 Å². The number of carbonyl (C=O) groups is 1. The number of nitrogens with zero attached hydrogens (tertiary/aromatic N) is 1. The molecule has 23 heavy (non-hydrogen) atoms. The zero-order valence-electron chi connectivity index (χ0n) is 14.0. The number of nitrogens with one attached hydrogen (secondary N) is 1. The predicted molar refractivity (Wildman–Crippen MR) is 93.6 cm³/mol. The number of ether oxygens (including phenoxy) is 1. The van der Waals surface area contributed by atoms with Gasteiger partial charge in [-0.3, -0.25) is 9.69 Å². The number of morpholine rings is 1. The Kier molecular flexibility index (Phi) is 5.19. The maximum absolute atomic E-state index is 11.9. The van der Waals surface area contributed by atoms with E-state index in [2.05, 4.69) is 41.6 Å². The second-order valence-electron chi connectivity index (χ2n) is 7.21. The van der Waals surface area contributed by atoms with Crippen LogP contribution in [0.15, 0.2) is 29.3 Å². The lowest BCUT2D eigenvalue weighted by atomic mass is 9.79. The number of rotatable bonds is 5. The zero-order chi connectivity index (χ0) is 16.3. The quantitative estimate of drug-likeness (QED) is 0.899. The van der Waals surface area contributed by atoms with Crippen LogP contribution >= 0.6 is 11.3 Å². The summed E-state index contributed by atoms with van der Waals surface area (Å²) in [5.41, 5.74) is 1.15. The second kappa shape index (κ2) is 7.16. The Morgan fingerprint density at radius 1 is 1.35 bits per heavy atom. The van der Waals surface area contributed by atoms with Gasteiger partial charge >= 0.3 is 0 Å². The van der Waals surface area contributed by atoms with Gasteiger partial charge in [-0.05, 0) is 23.3 Å². The molecular weight excluding hydrogens is 308 g/mol. The van der Waals surface area contributed by atoms with Crippen LogP contribution < -0.4 is 5.32 Å². The lowest BCUT2D eigenvalue weighted by Gasteiger charge is -2.35. The molecule has 1 fully saturated rings. The molecule has 0 amide bonds. The first-order valence-corrected chi connectivity index (χ1v) is 9.24. The molecule has 1 saturated heterocycles. The molecule has 1 aromatic heterocycles. The third-order valence-electron chi connectivity index (χ3n) is 4.54. The van der Waals surface area contributed by atoms with Crippen LogP contribution in [0.2, 0.25) is 0 Å². The number of thiophene rings is 1. The highest BCUT2D eigenvalue weighted by Crippen LogP contribution is 2.33. The number of carbonyl (C=O) groups excluding carboxylic acids is 1. The summed E-state index contributed by atoms with van der Waals surface area (Å²) in [4.78, 5) is 15.8. The van der Waals surface area contributed by atoms with Crippen LogP contribution in [0.1, 0.15) is 37.6 Å². The highest BCUT2D eigenvalue weighted by atomic mass is 32.1. The van der Waals surface area contributed by atoms with Gasteiger partial charge in [0.25, 0.3) is 0 Å². The summed E-state index contributed by atoms with van der Waals surface area (Å²) in [6, 6.07) is 4.66. The third-order valence-corrected chi connectivity index (χ3v) is 5.51. The molecule has 2 aliphatic rings. The fourth-order valence-corrected chi connectivity index (χ4v) is 4.33. The first kappa shape index (κ1) is 16.7. The molecular formula is C18H26N2O2S. The van der Waals surface area contributed by atoms with Crippen molar-refractivity contribution >= 4 is 17.1 Å². The molecule has 1 aliphatic carbocycles. The molecule has 0 saturated carbocycles. The van der Waals surface area contributed by atoms with E-state index in [9.17, 15) is 4.79 Å². The van der Waals surface area contributed by atoms with Gasteiger partial charge in [0.05, 0.1) is 19.3 Å². The minimum absolute atomic E-state index is 0.0611. The summed E-state index contributed by atoms with van der Waals surface area (Å²) < 4.78 is 5.49. The predicted octanol–water partition coefficient (Wildman–Crippen LogP) is 2.98. The van der Waals surface area contributed by atoms with E-state index in [0.717, 1.165) is 45.0 Å². The van der Waals surface area contributed by atoms with Crippen molar-refractivity contribution in [2.75, 3.05) is 32.8 Å². The van der Waals surface area contributed by atoms with E-state index < -0.39 is 0 Å². The highest BCUT2D eigenvalue weighted by molar-refractivity contribution is 7.10. The molecule has 1 N–H and O–H groups in total. The smallest absolute Gasteiger partial charge is 0.157 e. The maximum Gasteiger partial charge on any atom is 0.157 e. The minimum Gasteiger partial charge on any atom is -0.386 e. The molecule has 2 heterocycles. The van der Waals surface area contributed by atoms with Gasteiger partial charge in [-0.2, -0.15) is 0 Å². The van der Waals surface area contributed by atoms with Crippen molar-refractivity contribution in [3.63, 3.8) is 0 Å². The Balaban J connectivity index is 1.68. The molecule has 0 unspecified atom stereocenters. The van der Waals surface area contributed by atoms with Crippen LogP contribution in [0, 0.1) is 5.41 Å². The van der Waals surface area contributed by atoms with Gasteiger partial charge in [0.2, 0.25) is 0 Å². The van der Waals surface area contributed by atoms with Crippen molar-refractivity contribution in [2.45, 2.75) is 32.7 Å². The monoisotopic (exact) mass is 334 g/mol. The molecule has 0 bridgehead atoms. The Hall–Kier alpha value is -1.17. The Labute approximate surface area is 142 Å². The van der Waals surface area contributed by atoms with E-state index >= 15 is 0 Å². The van der Waals surface area contributed by atoms with Crippen molar-refractivity contribution in [2.24, 2.45) is 5.41 Å². The van der Waals surface area contributed by atoms with E-state index in [-0.39, 0.29) is 11.2 Å². The average Bonchev–Trinajstić information content (AvgIpc) is 3.00. The van der Waals surface area contributed by atoms with Crippen LogP contribution in [0.5, 0.6) is 0 Å². The summed E-state index contributed by atoms with van der Waals surface area (Å²) in [5, 5.41) is 5.69. The van der Waals surface area contributed by atoms with Crippen molar-refractivity contribution in [1.82, 2.24) is 10.2 Å². The number of hydrogen-bond acceptors (Lipinski definition) is 5. The Morgan fingerprint density at radius 2 is 2.13 bits per heavy atom. The SMILES string of the molecule is CC1(C)CC(=O)C=C(NC[C@H](c2cccs2)N2CCOCC2)C1. The summed E-state index contributed by atoms with van der Waals surface area (Å²) in [5.74, 6) is 0.239. The first-order chi connectivity index (χ1) is 11.0. The lowest BCUT2D eigenvalue weighted by molar-refractivity contribution is -0.117. The maximum atomic E-state index is 11.9. The van der Waals surface area contributed by atoms with Crippen LogP contribution in [-0.4, -0.2) is 43.5 Å². The number of allylic oxidation sites excluding steroid dienone is 2. The number of hydrogen-bond donors (Lipinski definition) is 1. The normalized spacial score (nSPS) is 23.4. The van der Waals surface area contributed by atoms with Gasteiger partial charge < -0.3 is 10.1 Å². The molecule has 1 aliphatic heterocycles. The van der Waals surface area contributed by atoms with Gasteiger partial charge in [0, 0.05) is 42.7 Å². The first-order valence-electron chi connectivity index (χ1n) is 8.36. The van der Waals surface area contributed by atoms with E-state index in [1.54, 1.807) is 17.4 Å². The molecule has 5 heteroatoms. The van der Waals surface area contributed by atoms with E-state index in [1.807, 2.05) is 0 Å². The van der Waals surface area contributed by atoms with Crippen LogP contribution in [0.3, 0.4) is 0 Å². The molecule has 0 spiro atoms. The molecule has 1 atom stereocenters. The summed E-state index contributed by atoms with van der Waals surface area (Å²) in [6.07, 6.45) is 3.39. The van der Waals surface area contributed by atoms with Crippen LogP contribution in [0.25, 0.3) is 0 Å². The van der Waals surface area contributed by atoms with Gasteiger partial charge in [0.1, 0.15) is 0 Å². The van der Waals surface area contributed by atoms with Gasteiger partial charge in [0.15, 0.2) is 5.78 Å². The molecule has 0 aromatic carbocycles. The Bertz CT molecular complexity index is 560. The van der Waals surface area contributed by atoms with Crippen molar-refractivity contribution in [3.05, 3.63) is 34.2 Å². The third kappa shape index (κ3) is 4.43. The van der Waals surface area contributed by atoms with Crippen LogP contribution in [0.4, 0.5) is 0 Å². The largest absolute Gasteiger partial charge is 0.386 e.